The smallest absolute Gasteiger partial charge is 0.125 e. The van der Waals surface area contributed by atoms with Gasteiger partial charge in [0.05, 0.1) is 11.4 Å². The first-order valence-electron chi connectivity index (χ1n) is 6.24. The third kappa shape index (κ3) is 3.11. The van der Waals surface area contributed by atoms with Crippen LogP contribution in [-0.2, 0) is 0 Å². The summed E-state index contributed by atoms with van der Waals surface area (Å²) in [5, 5.41) is 3.24. The number of benzene rings is 1. The van der Waals surface area contributed by atoms with Gasteiger partial charge in [-0.05, 0) is 32.3 Å². The quantitative estimate of drug-likeness (QED) is 0.790. The number of nitrogens with zero attached hydrogens (tertiary/aromatic N) is 2. The van der Waals surface area contributed by atoms with Crippen molar-refractivity contribution in [1.82, 2.24) is 9.80 Å². The van der Waals surface area contributed by atoms with E-state index in [9.17, 15) is 4.39 Å². The van der Waals surface area contributed by atoms with E-state index in [1.165, 1.54) is 12.1 Å². The summed E-state index contributed by atoms with van der Waals surface area (Å²) in [6.45, 7) is 3.93. The fourth-order valence-corrected chi connectivity index (χ4v) is 2.23. The van der Waals surface area contributed by atoms with Crippen LogP contribution in [0.2, 0.25) is 0 Å². The molecule has 1 aromatic rings. The number of likely N-dealkylation sites (N-methyl/N-ethyl adjacent to an activating group) is 2. The highest BCUT2D eigenvalue weighted by atomic mass is 19.1. The number of nitrogens with one attached hydrogen (secondary N) is 1. The molecule has 0 amide bonds. The van der Waals surface area contributed by atoms with E-state index in [1.807, 2.05) is 0 Å². The van der Waals surface area contributed by atoms with Crippen molar-refractivity contribution >= 4 is 11.4 Å². The lowest BCUT2D eigenvalue weighted by atomic mass is 10.1. The molecule has 1 aliphatic heterocycles. The molecule has 4 nitrogen and oxygen atoms in total. The summed E-state index contributed by atoms with van der Waals surface area (Å²) in [4.78, 5) is 4.63. The zero-order chi connectivity index (χ0) is 13.1. The number of anilines is 2. The average Bonchev–Trinajstić information content (AvgIpc) is 2.34. The highest BCUT2D eigenvalue weighted by molar-refractivity contribution is 5.65. The maximum absolute atomic E-state index is 13.1. The molecule has 3 N–H and O–H groups in total. The Balaban J connectivity index is 1.96. The van der Waals surface area contributed by atoms with Gasteiger partial charge >= 0.3 is 0 Å². The Morgan fingerprint density at radius 1 is 1.39 bits per heavy atom. The normalized spacial score (nSPS) is 22.1. The maximum Gasteiger partial charge on any atom is 0.125 e. The van der Waals surface area contributed by atoms with Crippen molar-refractivity contribution in [1.29, 1.82) is 0 Å². The molecule has 1 saturated heterocycles. The molecular weight excluding hydrogens is 231 g/mol. The Morgan fingerprint density at radius 3 is 2.94 bits per heavy atom. The zero-order valence-corrected chi connectivity index (χ0v) is 11.0. The lowest BCUT2D eigenvalue weighted by molar-refractivity contribution is 0.122. The maximum atomic E-state index is 13.1. The van der Waals surface area contributed by atoms with Gasteiger partial charge in [-0.3, -0.25) is 4.90 Å². The first-order chi connectivity index (χ1) is 8.56. The van der Waals surface area contributed by atoms with Crippen LogP contribution >= 0.6 is 0 Å². The van der Waals surface area contributed by atoms with Crippen molar-refractivity contribution in [3.05, 3.63) is 24.0 Å². The Morgan fingerprint density at radius 2 is 2.17 bits per heavy atom. The average molecular weight is 252 g/mol. The van der Waals surface area contributed by atoms with Gasteiger partial charge in [-0.2, -0.15) is 0 Å². The summed E-state index contributed by atoms with van der Waals surface area (Å²) in [6, 6.07) is 4.84. The molecule has 0 saturated carbocycles. The molecule has 1 unspecified atom stereocenters. The molecule has 1 heterocycles. The third-order valence-corrected chi connectivity index (χ3v) is 3.52. The highest BCUT2D eigenvalue weighted by Crippen LogP contribution is 2.19. The summed E-state index contributed by atoms with van der Waals surface area (Å²) in [5.74, 6) is -0.263. The fourth-order valence-electron chi connectivity index (χ4n) is 2.23. The second-order valence-corrected chi connectivity index (χ2v) is 5.01. The van der Waals surface area contributed by atoms with Crippen LogP contribution < -0.4 is 11.1 Å². The van der Waals surface area contributed by atoms with Gasteiger partial charge in [0.15, 0.2) is 0 Å². The lowest BCUT2D eigenvalue weighted by Crippen LogP contribution is -2.52. The number of halogens is 1. The summed E-state index contributed by atoms with van der Waals surface area (Å²) in [6.07, 6.45) is 0. The third-order valence-electron chi connectivity index (χ3n) is 3.52. The molecule has 0 radical (unpaired) electrons. The summed E-state index contributed by atoms with van der Waals surface area (Å²) >= 11 is 0. The molecule has 0 aliphatic carbocycles. The molecule has 1 aliphatic rings. The van der Waals surface area contributed by atoms with Gasteiger partial charge in [0.25, 0.3) is 0 Å². The van der Waals surface area contributed by atoms with E-state index in [2.05, 4.69) is 29.2 Å². The first-order valence-corrected chi connectivity index (χ1v) is 6.24. The first kappa shape index (κ1) is 13.1. The molecular formula is C13H21FN4. The number of nitrogens with two attached hydrogens (primary N) is 1. The number of piperazine rings is 1. The fraction of sp³-hybridized carbons (Fsp3) is 0.538. The van der Waals surface area contributed by atoms with Gasteiger partial charge in [-0.1, -0.05) is 0 Å². The zero-order valence-electron chi connectivity index (χ0n) is 11.0. The minimum Gasteiger partial charge on any atom is -0.397 e. The molecule has 1 atom stereocenters. The van der Waals surface area contributed by atoms with Crippen LogP contribution in [-0.4, -0.2) is 56.1 Å². The second-order valence-electron chi connectivity index (χ2n) is 5.01. The Hall–Kier alpha value is -1.33. The van der Waals surface area contributed by atoms with Gasteiger partial charge in [-0.25, -0.2) is 4.39 Å². The van der Waals surface area contributed by atoms with Crippen molar-refractivity contribution in [2.45, 2.75) is 6.04 Å². The van der Waals surface area contributed by atoms with Crippen molar-refractivity contribution in [3.8, 4) is 0 Å². The largest absolute Gasteiger partial charge is 0.397 e. The van der Waals surface area contributed by atoms with Gasteiger partial charge in [0.2, 0.25) is 0 Å². The van der Waals surface area contributed by atoms with Crippen LogP contribution in [0, 0.1) is 5.82 Å². The molecule has 5 heteroatoms. The summed E-state index contributed by atoms with van der Waals surface area (Å²) in [5.41, 5.74) is 7.08. The number of rotatable bonds is 3. The Bertz CT molecular complexity index is 410. The Kier molecular flexibility index (Phi) is 4.04. The molecule has 0 spiro atoms. The van der Waals surface area contributed by atoms with Crippen molar-refractivity contribution in [2.75, 3.05) is 51.3 Å². The monoisotopic (exact) mass is 252 g/mol. The van der Waals surface area contributed by atoms with Crippen LogP contribution in [0.1, 0.15) is 0 Å². The van der Waals surface area contributed by atoms with E-state index in [0.29, 0.717) is 17.4 Å². The second kappa shape index (κ2) is 5.54. The molecule has 18 heavy (non-hydrogen) atoms. The predicted molar refractivity (Wildman–Crippen MR) is 73.2 cm³/mol. The van der Waals surface area contributed by atoms with Crippen molar-refractivity contribution in [3.63, 3.8) is 0 Å². The molecule has 1 fully saturated rings. The minimum atomic E-state index is -0.263. The van der Waals surface area contributed by atoms with E-state index in [0.717, 1.165) is 26.2 Å². The molecule has 100 valence electrons. The molecule has 1 aromatic carbocycles. The predicted octanol–water partition coefficient (Wildman–Crippen LogP) is 1.07. The van der Waals surface area contributed by atoms with E-state index >= 15 is 0 Å². The van der Waals surface area contributed by atoms with Crippen molar-refractivity contribution < 1.29 is 4.39 Å². The number of hydrogen-bond donors (Lipinski definition) is 2. The number of hydrogen-bond acceptors (Lipinski definition) is 4. The highest BCUT2D eigenvalue weighted by Gasteiger charge is 2.21. The van der Waals surface area contributed by atoms with Crippen LogP contribution in [0.3, 0.4) is 0 Å². The lowest BCUT2D eigenvalue weighted by Gasteiger charge is -2.38. The number of nitrogen functional groups attached to an aromatic ring is 1. The van der Waals surface area contributed by atoms with Gasteiger partial charge in [0, 0.05) is 32.2 Å². The standard InChI is InChI=1S/C13H21FN4/c1-17-5-6-18(2)11(9-17)8-16-13-7-10(14)3-4-12(13)15/h3-4,7,11,16H,5-6,8-9,15H2,1-2H3. The van der Waals surface area contributed by atoms with Gasteiger partial charge in [-0.15, -0.1) is 0 Å². The molecule has 0 bridgehead atoms. The van der Waals surface area contributed by atoms with Crippen LogP contribution in [0.15, 0.2) is 18.2 Å². The van der Waals surface area contributed by atoms with Crippen LogP contribution in [0.25, 0.3) is 0 Å². The molecule has 2 rings (SSSR count). The SMILES string of the molecule is CN1CCN(C)C(CNc2cc(F)ccc2N)C1. The summed E-state index contributed by atoms with van der Waals surface area (Å²) < 4.78 is 13.1. The Labute approximate surface area is 108 Å². The topological polar surface area (TPSA) is 44.5 Å². The van der Waals surface area contributed by atoms with Crippen LogP contribution in [0.4, 0.5) is 15.8 Å². The van der Waals surface area contributed by atoms with Crippen molar-refractivity contribution in [2.24, 2.45) is 0 Å². The van der Waals surface area contributed by atoms with E-state index in [1.54, 1.807) is 6.07 Å². The van der Waals surface area contributed by atoms with Crippen LogP contribution in [0.5, 0.6) is 0 Å². The molecule has 0 aromatic heterocycles. The van der Waals surface area contributed by atoms with E-state index in [-0.39, 0.29) is 5.82 Å². The van der Waals surface area contributed by atoms with Gasteiger partial charge < -0.3 is 16.0 Å². The van der Waals surface area contributed by atoms with E-state index in [4.69, 9.17) is 5.73 Å². The summed E-state index contributed by atoms with van der Waals surface area (Å²) in [7, 11) is 4.24. The minimum absolute atomic E-state index is 0.263. The van der Waals surface area contributed by atoms with E-state index < -0.39 is 0 Å². The van der Waals surface area contributed by atoms with Gasteiger partial charge in [0.1, 0.15) is 5.82 Å².